The van der Waals surface area contributed by atoms with Crippen LogP contribution in [0.2, 0.25) is 0 Å². The summed E-state index contributed by atoms with van der Waals surface area (Å²) in [6.45, 7) is 6.97. The van der Waals surface area contributed by atoms with Gasteiger partial charge in [-0.2, -0.15) is 0 Å². The van der Waals surface area contributed by atoms with Crippen LogP contribution in [0.5, 0.6) is 0 Å². The molecule has 0 unspecified atom stereocenters. The molecular formula is C24H25N. The van der Waals surface area contributed by atoms with E-state index in [9.17, 15) is 0 Å². The smallest absolute Gasteiger partial charge is 0.0496 e. The summed E-state index contributed by atoms with van der Waals surface area (Å²) in [5.74, 6) is 0. The summed E-state index contributed by atoms with van der Waals surface area (Å²) in [7, 11) is 0. The third-order valence-corrected chi connectivity index (χ3v) is 5.84. The minimum absolute atomic E-state index is 0.135. The summed E-state index contributed by atoms with van der Waals surface area (Å²) >= 11 is 0. The Morgan fingerprint density at radius 3 is 2.04 bits per heavy atom. The topological polar surface area (TPSA) is 4.93 Å². The van der Waals surface area contributed by atoms with E-state index < -0.39 is 0 Å². The Morgan fingerprint density at radius 2 is 1.32 bits per heavy atom. The first-order chi connectivity index (χ1) is 12.2. The summed E-state index contributed by atoms with van der Waals surface area (Å²) in [6, 6.07) is 26.4. The lowest BCUT2D eigenvalue weighted by Crippen LogP contribution is -2.28. The number of nitrogens with zero attached hydrogens (tertiary/aromatic N) is 1. The molecule has 1 aromatic heterocycles. The normalized spacial score (nSPS) is 12.1. The van der Waals surface area contributed by atoms with Crippen LogP contribution in [0.25, 0.3) is 32.9 Å². The van der Waals surface area contributed by atoms with Crippen LogP contribution in [0.1, 0.15) is 33.6 Å². The number of benzene rings is 3. The minimum atomic E-state index is 0.135. The average Bonchev–Trinajstić information content (AvgIpc) is 3.02. The van der Waals surface area contributed by atoms with Gasteiger partial charge in [-0.1, -0.05) is 68.4 Å². The van der Waals surface area contributed by atoms with Crippen LogP contribution < -0.4 is 0 Å². The predicted octanol–water partition coefficient (Wildman–Crippen LogP) is 7.00. The maximum Gasteiger partial charge on any atom is 0.0496 e. The van der Waals surface area contributed by atoms with Crippen molar-refractivity contribution < 1.29 is 0 Å². The molecular weight excluding hydrogens is 302 g/mol. The van der Waals surface area contributed by atoms with Crippen LogP contribution in [0.4, 0.5) is 0 Å². The zero-order chi connectivity index (χ0) is 17.4. The highest BCUT2D eigenvalue weighted by molar-refractivity contribution is 6.09. The Hall–Kier alpha value is -2.54. The van der Waals surface area contributed by atoms with Crippen molar-refractivity contribution in [1.82, 2.24) is 4.57 Å². The average molecular weight is 327 g/mol. The second-order valence-electron chi connectivity index (χ2n) is 7.15. The number of rotatable bonds is 4. The lowest BCUT2D eigenvalue weighted by Gasteiger charge is -2.31. The van der Waals surface area contributed by atoms with Crippen LogP contribution in [-0.4, -0.2) is 4.57 Å². The second-order valence-corrected chi connectivity index (χ2v) is 7.15. The van der Waals surface area contributed by atoms with Gasteiger partial charge in [-0.3, -0.25) is 0 Å². The Labute approximate surface area is 149 Å². The molecule has 0 saturated heterocycles. The van der Waals surface area contributed by atoms with E-state index in [0.29, 0.717) is 0 Å². The molecule has 1 heteroatoms. The molecule has 0 aliphatic heterocycles. The highest BCUT2D eigenvalue weighted by Crippen LogP contribution is 2.38. The third kappa shape index (κ3) is 2.46. The molecule has 0 saturated carbocycles. The van der Waals surface area contributed by atoms with Crippen molar-refractivity contribution in [3.8, 4) is 11.1 Å². The molecule has 126 valence electrons. The lowest BCUT2D eigenvalue weighted by atomic mass is 9.94. The quantitative estimate of drug-likeness (QED) is 0.380. The molecule has 0 spiro atoms. The molecule has 3 aromatic carbocycles. The van der Waals surface area contributed by atoms with Crippen molar-refractivity contribution >= 4 is 21.8 Å². The molecule has 0 aliphatic rings. The van der Waals surface area contributed by atoms with Crippen molar-refractivity contribution in [2.75, 3.05) is 0 Å². The predicted molar refractivity (Wildman–Crippen MR) is 109 cm³/mol. The number of hydrogen-bond acceptors (Lipinski definition) is 0. The van der Waals surface area contributed by atoms with E-state index in [2.05, 4.69) is 98.1 Å². The molecule has 25 heavy (non-hydrogen) atoms. The van der Waals surface area contributed by atoms with Gasteiger partial charge < -0.3 is 4.57 Å². The molecule has 0 atom stereocenters. The van der Waals surface area contributed by atoms with Crippen molar-refractivity contribution in [2.45, 2.75) is 39.2 Å². The molecule has 0 radical (unpaired) electrons. The first kappa shape index (κ1) is 16.0. The van der Waals surface area contributed by atoms with Crippen molar-refractivity contribution in [1.29, 1.82) is 0 Å². The van der Waals surface area contributed by atoms with Gasteiger partial charge in [0, 0.05) is 27.3 Å². The maximum absolute atomic E-state index is 2.56. The van der Waals surface area contributed by atoms with E-state index in [-0.39, 0.29) is 5.54 Å². The van der Waals surface area contributed by atoms with E-state index in [1.54, 1.807) is 0 Å². The number of fused-ring (bicyclic) bond motifs is 3. The molecule has 0 fully saturated rings. The fourth-order valence-electron chi connectivity index (χ4n) is 3.93. The van der Waals surface area contributed by atoms with E-state index in [1.165, 1.54) is 32.9 Å². The van der Waals surface area contributed by atoms with Gasteiger partial charge >= 0.3 is 0 Å². The molecule has 0 N–H and O–H groups in total. The van der Waals surface area contributed by atoms with Crippen molar-refractivity contribution in [3.05, 3.63) is 72.8 Å². The van der Waals surface area contributed by atoms with Gasteiger partial charge in [0.25, 0.3) is 0 Å². The zero-order valence-electron chi connectivity index (χ0n) is 15.3. The van der Waals surface area contributed by atoms with Gasteiger partial charge in [0.05, 0.1) is 0 Å². The van der Waals surface area contributed by atoms with Crippen LogP contribution >= 0.6 is 0 Å². The van der Waals surface area contributed by atoms with Crippen LogP contribution in [-0.2, 0) is 5.54 Å². The number of hydrogen-bond donors (Lipinski definition) is 0. The minimum Gasteiger partial charge on any atom is -0.335 e. The summed E-state index contributed by atoms with van der Waals surface area (Å²) in [5, 5.41) is 2.70. The zero-order valence-corrected chi connectivity index (χ0v) is 15.3. The first-order valence-electron chi connectivity index (χ1n) is 9.27. The second kappa shape index (κ2) is 6.07. The summed E-state index contributed by atoms with van der Waals surface area (Å²) in [5.41, 5.74) is 5.37. The van der Waals surface area contributed by atoms with E-state index in [1.807, 2.05) is 0 Å². The molecule has 0 bridgehead atoms. The first-order valence-corrected chi connectivity index (χ1v) is 9.27. The molecule has 0 aliphatic carbocycles. The highest BCUT2D eigenvalue weighted by Gasteiger charge is 2.26. The van der Waals surface area contributed by atoms with E-state index in [4.69, 9.17) is 0 Å². The van der Waals surface area contributed by atoms with Gasteiger partial charge in [-0.15, -0.1) is 0 Å². The fraction of sp³-hybridized carbons (Fsp3) is 0.250. The monoisotopic (exact) mass is 327 g/mol. The van der Waals surface area contributed by atoms with E-state index in [0.717, 1.165) is 12.8 Å². The Bertz CT molecular complexity index is 1020. The Balaban J connectivity index is 2.06. The molecule has 1 heterocycles. The number of para-hydroxylation sites is 1. The van der Waals surface area contributed by atoms with Gasteiger partial charge in [0.1, 0.15) is 0 Å². The summed E-state index contributed by atoms with van der Waals surface area (Å²) < 4.78 is 2.56. The van der Waals surface area contributed by atoms with Gasteiger partial charge in [-0.25, -0.2) is 0 Å². The Kier molecular flexibility index (Phi) is 3.88. The van der Waals surface area contributed by atoms with Gasteiger partial charge in [0.15, 0.2) is 0 Å². The fourth-order valence-corrected chi connectivity index (χ4v) is 3.93. The SMILES string of the molecule is CCC(C)(CC)n1c2ccccc2c2cc(-c3ccccc3)ccc21. The summed E-state index contributed by atoms with van der Waals surface area (Å²) in [6.07, 6.45) is 2.25. The maximum atomic E-state index is 2.56. The standard InChI is InChI=1S/C24H25N/c1-4-24(3,5-2)25-22-14-10-9-13-20(22)21-17-19(15-16-23(21)25)18-11-7-6-8-12-18/h6-17H,4-5H2,1-3H3. The number of aromatic nitrogens is 1. The van der Waals surface area contributed by atoms with Crippen molar-refractivity contribution in [2.24, 2.45) is 0 Å². The third-order valence-electron chi connectivity index (χ3n) is 5.84. The largest absolute Gasteiger partial charge is 0.335 e. The van der Waals surface area contributed by atoms with Crippen molar-refractivity contribution in [3.63, 3.8) is 0 Å². The van der Waals surface area contributed by atoms with Crippen LogP contribution in [0, 0.1) is 0 Å². The Morgan fingerprint density at radius 1 is 0.680 bits per heavy atom. The molecule has 4 aromatic rings. The molecule has 1 nitrogen and oxygen atoms in total. The van der Waals surface area contributed by atoms with E-state index >= 15 is 0 Å². The van der Waals surface area contributed by atoms with Gasteiger partial charge in [0.2, 0.25) is 0 Å². The van der Waals surface area contributed by atoms with Crippen LogP contribution in [0.3, 0.4) is 0 Å². The highest BCUT2D eigenvalue weighted by atomic mass is 15.1. The van der Waals surface area contributed by atoms with Crippen LogP contribution in [0.15, 0.2) is 72.8 Å². The lowest BCUT2D eigenvalue weighted by molar-refractivity contribution is 0.313. The van der Waals surface area contributed by atoms with Gasteiger partial charge in [-0.05, 0) is 49.1 Å². The molecule has 4 rings (SSSR count). The molecule has 0 amide bonds. The summed E-state index contributed by atoms with van der Waals surface area (Å²) in [4.78, 5) is 0.